The summed E-state index contributed by atoms with van der Waals surface area (Å²) in [7, 11) is 0. The van der Waals surface area contributed by atoms with Gasteiger partial charge >= 0.3 is 0 Å². The van der Waals surface area contributed by atoms with Crippen molar-refractivity contribution in [1.82, 2.24) is 0 Å². The second kappa shape index (κ2) is 16.2. The van der Waals surface area contributed by atoms with E-state index in [-0.39, 0.29) is 23.0 Å². The minimum Gasteiger partial charge on any atom is -0.311 e. The largest absolute Gasteiger partial charge is 0.311 e. The monoisotopic (exact) mass is 901 g/mol. The van der Waals surface area contributed by atoms with E-state index in [0.717, 1.165) is 28.4 Å². The van der Waals surface area contributed by atoms with E-state index in [0.29, 0.717) is 0 Å². The number of rotatable bonds is 6. The van der Waals surface area contributed by atoms with Crippen LogP contribution in [0, 0.1) is 6.92 Å². The Morgan fingerprint density at radius 3 is 1.57 bits per heavy atom. The lowest BCUT2D eigenvalue weighted by atomic mass is 9.36. The molecule has 0 bridgehead atoms. The highest BCUT2D eigenvalue weighted by Gasteiger charge is 2.45. The zero-order chi connectivity index (χ0) is 47.3. The van der Waals surface area contributed by atoms with Gasteiger partial charge in [0.15, 0.2) is 0 Å². The van der Waals surface area contributed by atoms with Crippen LogP contribution in [0.5, 0.6) is 0 Å². The fourth-order valence-electron chi connectivity index (χ4n) is 10.5. The smallest absolute Gasteiger partial charge is 0.264 e. The molecule has 1 aromatic heterocycles. The third kappa shape index (κ3) is 7.52. The number of thiophene rings is 1. The van der Waals surface area contributed by atoms with Gasteiger partial charge < -0.3 is 14.7 Å². The van der Waals surface area contributed by atoms with E-state index in [1.165, 1.54) is 81.9 Å². The highest BCUT2D eigenvalue weighted by molar-refractivity contribution is 7.33. The van der Waals surface area contributed by atoms with Gasteiger partial charge in [-0.15, -0.1) is 11.3 Å². The molecule has 5 heteroatoms. The number of hydrogen-bond acceptors (Lipinski definition) is 4. The first-order valence-corrected chi connectivity index (χ1v) is 25.0. The van der Waals surface area contributed by atoms with E-state index < -0.39 is 0 Å². The zero-order valence-corrected chi connectivity index (χ0v) is 42.0. The molecule has 0 atom stereocenters. The molecule has 11 rings (SSSR count). The van der Waals surface area contributed by atoms with E-state index >= 15 is 0 Å². The van der Waals surface area contributed by atoms with E-state index in [1.807, 2.05) is 11.3 Å². The fourth-order valence-corrected chi connectivity index (χ4v) is 11.8. The van der Waals surface area contributed by atoms with Gasteiger partial charge in [-0.2, -0.15) is 0 Å². The predicted molar refractivity (Wildman–Crippen MR) is 297 cm³/mol. The van der Waals surface area contributed by atoms with Gasteiger partial charge in [-0.25, -0.2) is 0 Å². The van der Waals surface area contributed by atoms with Crippen LogP contribution in [0.4, 0.5) is 51.2 Å². The van der Waals surface area contributed by atoms with E-state index in [4.69, 9.17) is 0 Å². The normalized spacial score (nSPS) is 13.4. The fraction of sp³-hybridized carbons (Fsp3) is 0.206. The molecular weight excluding hydrogens is 842 g/mol. The van der Waals surface area contributed by atoms with Crippen molar-refractivity contribution in [3.8, 4) is 11.1 Å². The van der Waals surface area contributed by atoms with Gasteiger partial charge in [0.05, 0.1) is 5.69 Å². The van der Waals surface area contributed by atoms with Crippen LogP contribution in [0.25, 0.3) is 21.2 Å². The van der Waals surface area contributed by atoms with Gasteiger partial charge in [0, 0.05) is 60.4 Å². The number of nitrogens with zero attached hydrogens (tertiary/aromatic N) is 3. The van der Waals surface area contributed by atoms with Crippen molar-refractivity contribution in [3.05, 3.63) is 204 Å². The van der Waals surface area contributed by atoms with Crippen LogP contribution in [0.2, 0.25) is 0 Å². The van der Waals surface area contributed by atoms with Crippen molar-refractivity contribution in [2.45, 2.75) is 85.5 Å². The van der Waals surface area contributed by atoms with Gasteiger partial charge in [-0.1, -0.05) is 159 Å². The Morgan fingerprint density at radius 2 is 0.971 bits per heavy atom. The Kier molecular flexibility index (Phi) is 10.4. The average molecular weight is 902 g/mol. The Labute approximate surface area is 408 Å². The summed E-state index contributed by atoms with van der Waals surface area (Å²) in [6, 6.07) is 68.9. The summed E-state index contributed by atoms with van der Waals surface area (Å²) in [5.41, 5.74) is 21.1. The summed E-state index contributed by atoms with van der Waals surface area (Å²) in [5.74, 6) is 0. The summed E-state index contributed by atoms with van der Waals surface area (Å²) in [5, 5.41) is 1.28. The van der Waals surface area contributed by atoms with Gasteiger partial charge in [0.2, 0.25) is 0 Å². The quantitative estimate of drug-likeness (QED) is 0.154. The summed E-state index contributed by atoms with van der Waals surface area (Å²) in [6.45, 7) is 22.8. The molecule has 0 N–H and O–H groups in total. The van der Waals surface area contributed by atoms with Gasteiger partial charge in [-0.3, -0.25) is 0 Å². The molecule has 0 aliphatic carbocycles. The molecule has 8 aromatic carbocycles. The molecule has 0 spiro atoms. The first-order valence-electron chi connectivity index (χ1n) is 24.2. The number of para-hydroxylation sites is 1. The number of anilines is 9. The Bertz CT molecular complexity index is 3290. The van der Waals surface area contributed by atoms with Crippen LogP contribution in [0.3, 0.4) is 0 Å². The number of benzene rings is 8. The minimum absolute atomic E-state index is 0.0133. The summed E-state index contributed by atoms with van der Waals surface area (Å²) >= 11 is 1.95. The lowest BCUT2D eigenvalue weighted by molar-refractivity contribution is 0.590. The molecule has 3 heterocycles. The Hall–Kier alpha value is -6.82. The molecule has 0 unspecified atom stereocenters. The van der Waals surface area contributed by atoms with E-state index in [1.54, 1.807) is 0 Å². The second-order valence-electron chi connectivity index (χ2n) is 22.0. The lowest BCUT2D eigenvalue weighted by Crippen LogP contribution is -2.60. The van der Waals surface area contributed by atoms with Crippen LogP contribution in [-0.4, -0.2) is 6.71 Å². The molecule has 0 amide bonds. The number of fused-ring (bicyclic) bond motifs is 6. The predicted octanol–water partition coefficient (Wildman–Crippen LogP) is 16.3. The first-order chi connectivity index (χ1) is 32.5. The van der Waals surface area contributed by atoms with E-state index in [2.05, 4.69) is 266 Å². The topological polar surface area (TPSA) is 9.72 Å². The molecule has 9 aromatic rings. The highest BCUT2D eigenvalue weighted by atomic mass is 32.1. The third-order valence-corrected chi connectivity index (χ3v) is 15.4. The maximum absolute atomic E-state index is 2.58. The average Bonchev–Trinajstić information content (AvgIpc) is 3.70. The molecule has 0 saturated heterocycles. The van der Waals surface area contributed by atoms with Crippen molar-refractivity contribution in [1.29, 1.82) is 0 Å². The van der Waals surface area contributed by atoms with Crippen LogP contribution >= 0.6 is 11.3 Å². The second-order valence-corrected chi connectivity index (χ2v) is 23.1. The van der Waals surface area contributed by atoms with Crippen molar-refractivity contribution in [2.75, 3.05) is 14.7 Å². The summed E-state index contributed by atoms with van der Waals surface area (Å²) in [4.78, 5) is 7.56. The molecule has 2 aliphatic rings. The van der Waals surface area contributed by atoms with Gasteiger partial charge in [-0.05, 0) is 152 Å². The van der Waals surface area contributed by atoms with Crippen LogP contribution < -0.4 is 30.4 Å². The molecule has 0 saturated carbocycles. The summed E-state index contributed by atoms with van der Waals surface area (Å²) < 4.78 is 2.66. The molecule has 2 aliphatic heterocycles. The molecular formula is C63H60BN3S. The van der Waals surface area contributed by atoms with Crippen LogP contribution in [0.15, 0.2) is 182 Å². The molecule has 0 fully saturated rings. The number of aryl methyl sites for hydroxylation is 1. The maximum Gasteiger partial charge on any atom is 0.264 e. The first kappa shape index (κ1) is 43.7. The third-order valence-electron chi connectivity index (χ3n) is 14.1. The molecule has 68 heavy (non-hydrogen) atoms. The SMILES string of the molecule is Cc1cc2c3c(c1)N(c1cccc(-c4ccc(C(C)(C)C)cc4)c1)c1c(sc4ccccc14)B3c1cc(N(c3ccc(C(C)(C)C)cc3)c3ccc(C(C)(C)C)cc3)ccc1N2c1ccccc1. The maximum atomic E-state index is 2.58. The van der Waals surface area contributed by atoms with Gasteiger partial charge in [0.1, 0.15) is 0 Å². The van der Waals surface area contributed by atoms with Crippen molar-refractivity contribution >= 4 is 95.0 Å². The number of hydrogen-bond donors (Lipinski definition) is 0. The Morgan fingerprint density at radius 1 is 0.441 bits per heavy atom. The van der Waals surface area contributed by atoms with E-state index in [9.17, 15) is 0 Å². The standard InChI is InChI=1S/C63H60BN3S/c1-41-37-55-58-56(38-41)67(50-20-16-17-43(39-50)42-23-25-44(26-24-42)61(2,3)4)59-52-21-14-15-22-57(52)68-60(59)64(58)53-40-51(35-36-54(53)66(55)47-18-12-11-13-19-47)65(48-31-27-45(28-32-48)62(5,6)7)49-33-29-46(30-34-49)63(8,9)10/h11-40H,1-10H3. The van der Waals surface area contributed by atoms with Crippen LogP contribution in [0.1, 0.15) is 84.6 Å². The molecule has 0 radical (unpaired) electrons. The Balaban J connectivity index is 1.15. The van der Waals surface area contributed by atoms with Crippen LogP contribution in [-0.2, 0) is 16.2 Å². The minimum atomic E-state index is -0.0133. The van der Waals surface area contributed by atoms with Gasteiger partial charge in [0.25, 0.3) is 6.71 Å². The summed E-state index contributed by atoms with van der Waals surface area (Å²) in [6.07, 6.45) is 0. The highest BCUT2D eigenvalue weighted by Crippen LogP contribution is 2.49. The van der Waals surface area contributed by atoms with Crippen molar-refractivity contribution in [2.24, 2.45) is 0 Å². The lowest BCUT2D eigenvalue weighted by Gasteiger charge is -2.43. The van der Waals surface area contributed by atoms with Crippen molar-refractivity contribution < 1.29 is 0 Å². The zero-order valence-electron chi connectivity index (χ0n) is 41.1. The molecule has 336 valence electrons. The molecule has 3 nitrogen and oxygen atoms in total. The van der Waals surface area contributed by atoms with Crippen molar-refractivity contribution in [3.63, 3.8) is 0 Å².